The van der Waals surface area contributed by atoms with Gasteiger partial charge in [-0.25, -0.2) is 16.8 Å². The van der Waals surface area contributed by atoms with Gasteiger partial charge in [0, 0.05) is 0 Å². The van der Waals surface area contributed by atoms with Crippen molar-refractivity contribution < 1.29 is 175 Å². The van der Waals surface area contributed by atoms with Crippen LogP contribution in [0.5, 0.6) is 0 Å². The first-order valence-electron chi connectivity index (χ1n) is 11.3. The summed E-state index contributed by atoms with van der Waals surface area (Å²) in [5.41, 5.74) is 0. The van der Waals surface area contributed by atoms with Crippen LogP contribution in [0, 0.1) is 0 Å². The first kappa shape index (κ1) is 62.0. The molecule has 0 aromatic heterocycles. The molecule has 0 N–H and O–H groups in total. The molecule has 6 nitrogen and oxygen atoms in total. The second-order valence-electron chi connectivity index (χ2n) is 9.83. The van der Waals surface area contributed by atoms with Crippen LogP contribution in [0.25, 0.3) is 0 Å². The number of hydrogen-bond donors (Lipinski definition) is 0. The van der Waals surface area contributed by atoms with Crippen LogP contribution >= 0.6 is 0 Å². The first-order chi connectivity index (χ1) is 24.0. The monoisotopic (exact) mass is 1040 g/mol. The predicted molar refractivity (Wildman–Crippen MR) is 107 cm³/mol. The summed E-state index contributed by atoms with van der Waals surface area (Å²) in [4.78, 5) is 0. The zero-order chi connectivity index (χ0) is 49.0. The third-order valence-corrected chi connectivity index (χ3v) is 7.78. The van der Waals surface area contributed by atoms with Crippen molar-refractivity contribution in [3.05, 3.63) is 0 Å². The van der Waals surface area contributed by atoms with E-state index in [0.29, 0.717) is 0 Å². The van der Waals surface area contributed by atoms with E-state index < -0.39 is 114 Å². The van der Waals surface area contributed by atoms with Crippen LogP contribution in [0.1, 0.15) is 0 Å². The summed E-state index contributed by atoms with van der Waals surface area (Å²) >= 11 is 0. The van der Waals surface area contributed by atoms with E-state index in [1.165, 1.54) is 0 Å². The molecular formula is C16CaF34O6S2. The van der Waals surface area contributed by atoms with Gasteiger partial charge in [0.05, 0.1) is 0 Å². The molecule has 0 aliphatic rings. The smallest absolute Gasteiger partial charge is 0.743 e. The Labute approximate surface area is 326 Å². The van der Waals surface area contributed by atoms with Gasteiger partial charge in [0.2, 0.25) is 0 Å². The molecule has 0 radical (unpaired) electrons. The van der Waals surface area contributed by atoms with Crippen molar-refractivity contribution in [3.8, 4) is 0 Å². The Bertz CT molecular complexity index is 1600. The Morgan fingerprint density at radius 3 is 0.424 bits per heavy atom. The maximum atomic E-state index is 13.0. The van der Waals surface area contributed by atoms with Crippen LogP contribution in [-0.2, 0) is 20.2 Å². The zero-order valence-electron chi connectivity index (χ0n) is 24.8. The molecule has 0 saturated carbocycles. The van der Waals surface area contributed by atoms with Gasteiger partial charge in [0.1, 0.15) is 0 Å². The topological polar surface area (TPSA) is 114 Å². The van der Waals surface area contributed by atoms with Crippen molar-refractivity contribution in [1.29, 1.82) is 0 Å². The van der Waals surface area contributed by atoms with Gasteiger partial charge in [-0.3, -0.25) is 0 Å². The largest absolute Gasteiger partial charge is 2.00 e. The van der Waals surface area contributed by atoms with Crippen molar-refractivity contribution >= 4 is 58.0 Å². The van der Waals surface area contributed by atoms with Crippen molar-refractivity contribution in [2.45, 2.75) is 93.9 Å². The van der Waals surface area contributed by atoms with Gasteiger partial charge in [-0.2, -0.15) is 149 Å². The first-order valence-corrected chi connectivity index (χ1v) is 14.2. The second kappa shape index (κ2) is 15.5. The van der Waals surface area contributed by atoms with Gasteiger partial charge >= 0.3 is 132 Å². The van der Waals surface area contributed by atoms with E-state index in [4.69, 9.17) is 0 Å². The molecule has 0 rings (SSSR count). The molecule has 0 fully saturated rings. The minimum Gasteiger partial charge on any atom is -0.743 e. The molecule has 0 aliphatic heterocycles. The molecule has 0 aliphatic carbocycles. The van der Waals surface area contributed by atoms with Crippen molar-refractivity contribution in [1.82, 2.24) is 0 Å². The summed E-state index contributed by atoms with van der Waals surface area (Å²) < 4.78 is 488. The molecule has 0 heterocycles. The summed E-state index contributed by atoms with van der Waals surface area (Å²) in [5.74, 6) is -104. The molecule has 0 atom stereocenters. The molecule has 0 amide bonds. The molecule has 59 heavy (non-hydrogen) atoms. The van der Waals surface area contributed by atoms with Crippen molar-refractivity contribution in [3.63, 3.8) is 0 Å². The van der Waals surface area contributed by atoms with Gasteiger partial charge in [0.15, 0.2) is 20.2 Å². The van der Waals surface area contributed by atoms with E-state index in [1.807, 2.05) is 0 Å². The maximum absolute atomic E-state index is 13.0. The molecule has 0 bridgehead atoms. The second-order valence-corrected chi connectivity index (χ2v) is 12.7. The quantitative estimate of drug-likeness (QED) is 0.0979. The number of hydrogen-bond acceptors (Lipinski definition) is 6. The Morgan fingerprint density at radius 2 is 0.322 bits per heavy atom. The van der Waals surface area contributed by atoms with Gasteiger partial charge in [-0.05, 0) is 0 Å². The van der Waals surface area contributed by atoms with Crippen LogP contribution in [0.2, 0.25) is 0 Å². The molecule has 43 heteroatoms. The molecule has 0 aromatic carbocycles. The Hall–Kier alpha value is -1.30. The van der Waals surface area contributed by atoms with E-state index in [1.54, 1.807) is 0 Å². The fourth-order valence-corrected chi connectivity index (χ4v) is 3.50. The summed E-state index contributed by atoms with van der Waals surface area (Å²) in [7, 11) is -16.3. The van der Waals surface area contributed by atoms with Gasteiger partial charge in [-0.15, -0.1) is 0 Å². The molecule has 0 unspecified atom stereocenters. The van der Waals surface area contributed by atoms with E-state index in [2.05, 4.69) is 0 Å². The standard InChI is InChI=1S/2C8HF17O3S.Ca/c2*9-1(10,3(13,14)5(17,18)7(21,22)23)2(11,12)4(15,16)6(19,20)8(24,25)29(26,27)28;/h2*(H,26,27,28);/q;;+2/p-2. The third-order valence-electron chi connectivity index (χ3n) is 6.01. The zero-order valence-corrected chi connectivity index (χ0v) is 28.7. The van der Waals surface area contributed by atoms with Gasteiger partial charge in [-0.1, -0.05) is 0 Å². The van der Waals surface area contributed by atoms with Crippen molar-refractivity contribution in [2.24, 2.45) is 0 Å². The maximum Gasteiger partial charge on any atom is 2.00 e. The molecule has 0 saturated heterocycles. The van der Waals surface area contributed by atoms with E-state index in [-0.39, 0.29) is 37.7 Å². The number of alkyl halides is 34. The predicted octanol–water partition coefficient (Wildman–Crippen LogP) is 8.62. The fourth-order valence-electron chi connectivity index (χ4n) is 2.61. The van der Waals surface area contributed by atoms with Crippen LogP contribution < -0.4 is 0 Å². The average molecular weight is 1040 g/mol. The minimum atomic E-state index is -8.92. The summed E-state index contributed by atoms with van der Waals surface area (Å²) in [5, 5.41) is -15.9. The fraction of sp³-hybridized carbons (Fsp3) is 1.00. The molecular weight excluding hydrogens is 1040 g/mol. The van der Waals surface area contributed by atoms with Crippen LogP contribution in [-0.4, -0.2) is 158 Å². The summed E-state index contributed by atoms with van der Waals surface area (Å²) in [6.45, 7) is 0. The Kier molecular flexibility index (Phi) is 16.2. The van der Waals surface area contributed by atoms with Crippen molar-refractivity contribution in [2.75, 3.05) is 0 Å². The molecule has 0 aromatic rings. The SMILES string of the molecule is O=S(=O)([O-])C(F)(F)C(F)(F)C(F)(F)C(F)(F)C(F)(F)C(F)(F)C(F)(F)C(F)(F)F.O=S(=O)([O-])C(F)(F)C(F)(F)C(F)(F)C(F)(F)C(F)(F)C(F)(F)C(F)(F)C(F)(F)F.[Ca+2]. The van der Waals surface area contributed by atoms with Crippen LogP contribution in [0.3, 0.4) is 0 Å². The Balaban J connectivity index is -0.00000105. The van der Waals surface area contributed by atoms with Gasteiger partial charge < -0.3 is 9.11 Å². The van der Waals surface area contributed by atoms with E-state index in [9.17, 15) is 175 Å². The minimum absolute atomic E-state index is 0. The van der Waals surface area contributed by atoms with Crippen LogP contribution in [0.15, 0.2) is 0 Å². The summed E-state index contributed by atoms with van der Waals surface area (Å²) in [6, 6.07) is 0. The number of halogens is 34. The van der Waals surface area contributed by atoms with Gasteiger partial charge in [0.25, 0.3) is 0 Å². The molecule has 0 spiro atoms. The van der Waals surface area contributed by atoms with E-state index in [0.717, 1.165) is 0 Å². The van der Waals surface area contributed by atoms with E-state index >= 15 is 0 Å². The van der Waals surface area contributed by atoms with Crippen LogP contribution in [0.4, 0.5) is 149 Å². The number of rotatable bonds is 14. The third kappa shape index (κ3) is 8.33. The molecule has 352 valence electrons. The average Bonchev–Trinajstić information content (AvgIpc) is 2.93. The Morgan fingerprint density at radius 1 is 0.220 bits per heavy atom. The normalized spacial score (nSPS) is 16.6. The summed E-state index contributed by atoms with van der Waals surface area (Å²) in [6.07, 6.45) is -15.8.